The fourth-order valence-corrected chi connectivity index (χ4v) is 4.20. The molecule has 2 aromatic rings. The number of guanidine groups is 1. The molecule has 3 heterocycles. The Morgan fingerprint density at radius 1 is 1.10 bits per heavy atom. The highest BCUT2D eigenvalue weighted by molar-refractivity contribution is 14.0. The molecule has 0 unspecified atom stereocenters. The van der Waals surface area contributed by atoms with Crippen LogP contribution in [-0.2, 0) is 11.2 Å². The van der Waals surface area contributed by atoms with Gasteiger partial charge >= 0.3 is 0 Å². The van der Waals surface area contributed by atoms with Gasteiger partial charge < -0.3 is 25.0 Å². The molecule has 0 radical (unpaired) electrons. The lowest BCUT2D eigenvalue weighted by atomic mass is 10.2. The number of aliphatic imine (C=N–C) groups is 1. The molecule has 9 heteroatoms. The van der Waals surface area contributed by atoms with Gasteiger partial charge in [-0.15, -0.1) is 35.3 Å². The predicted octanol–water partition coefficient (Wildman–Crippen LogP) is 3.75. The minimum atomic E-state index is 0. The predicted molar refractivity (Wildman–Crippen MR) is 135 cm³/mol. The van der Waals surface area contributed by atoms with E-state index in [1.165, 1.54) is 4.88 Å². The monoisotopic (exact) mass is 556 g/mol. The van der Waals surface area contributed by atoms with Crippen molar-refractivity contribution in [2.24, 2.45) is 4.99 Å². The average Bonchev–Trinajstić information content (AvgIpc) is 3.43. The van der Waals surface area contributed by atoms with E-state index in [-0.39, 0.29) is 36.4 Å². The van der Waals surface area contributed by atoms with Crippen molar-refractivity contribution in [3.05, 3.63) is 40.6 Å². The number of amides is 1. The molecule has 2 aliphatic heterocycles. The van der Waals surface area contributed by atoms with Gasteiger partial charge in [-0.1, -0.05) is 6.07 Å². The Balaban J connectivity index is 0.00000272. The van der Waals surface area contributed by atoms with Crippen LogP contribution in [0.4, 0.5) is 5.69 Å². The zero-order valence-electron chi connectivity index (χ0n) is 17.5. The zero-order chi connectivity index (χ0) is 20.6. The standard InChI is InChI=1S/C22H28N4O3S.HI/c27-21(26-10-1-2-11-26)16-24-22(23-9-8-18-5-3-14-30-18)25-17-6-7-19-20(15-17)29-13-4-12-28-19;/h3,5-7,14-15H,1-2,4,8-13,16H2,(H2,23,24,25);1H. The van der Waals surface area contributed by atoms with Gasteiger partial charge in [0.05, 0.1) is 13.2 Å². The Morgan fingerprint density at radius 2 is 1.90 bits per heavy atom. The number of nitrogens with one attached hydrogen (secondary N) is 2. The number of thiophene rings is 1. The number of hydrogen-bond acceptors (Lipinski definition) is 5. The van der Waals surface area contributed by atoms with Crippen molar-refractivity contribution in [2.75, 3.05) is 44.7 Å². The number of benzene rings is 1. The quantitative estimate of drug-likeness (QED) is 0.322. The smallest absolute Gasteiger partial charge is 0.244 e. The number of fused-ring (bicyclic) bond motifs is 1. The molecular formula is C22H29IN4O3S. The second-order valence-electron chi connectivity index (χ2n) is 7.35. The summed E-state index contributed by atoms with van der Waals surface area (Å²) in [6, 6.07) is 9.93. The third-order valence-corrected chi connectivity index (χ3v) is 6.02. The first-order chi connectivity index (χ1) is 14.8. The van der Waals surface area contributed by atoms with Gasteiger partial charge in [-0.05, 0) is 42.8 Å². The highest BCUT2D eigenvalue weighted by atomic mass is 127. The van der Waals surface area contributed by atoms with Crippen LogP contribution in [0.15, 0.2) is 40.7 Å². The van der Waals surface area contributed by atoms with Crippen molar-refractivity contribution in [1.29, 1.82) is 0 Å². The van der Waals surface area contributed by atoms with E-state index >= 15 is 0 Å². The summed E-state index contributed by atoms with van der Waals surface area (Å²) in [4.78, 5) is 20.2. The van der Waals surface area contributed by atoms with Crippen molar-refractivity contribution < 1.29 is 14.3 Å². The summed E-state index contributed by atoms with van der Waals surface area (Å²) in [6.45, 7) is 3.85. The molecule has 1 saturated heterocycles. The van der Waals surface area contributed by atoms with Gasteiger partial charge in [-0.3, -0.25) is 4.79 Å². The van der Waals surface area contributed by atoms with E-state index in [1.54, 1.807) is 11.3 Å². The lowest BCUT2D eigenvalue weighted by Gasteiger charge is -2.16. The van der Waals surface area contributed by atoms with Crippen LogP contribution in [0, 0.1) is 0 Å². The first-order valence-corrected chi connectivity index (χ1v) is 11.4. The third-order valence-electron chi connectivity index (χ3n) is 5.09. The lowest BCUT2D eigenvalue weighted by Crippen LogP contribution is -2.35. The van der Waals surface area contributed by atoms with Crippen LogP contribution < -0.4 is 20.1 Å². The largest absolute Gasteiger partial charge is 0.490 e. The molecule has 1 aromatic carbocycles. The summed E-state index contributed by atoms with van der Waals surface area (Å²) in [7, 11) is 0. The van der Waals surface area contributed by atoms with Crippen molar-refractivity contribution in [3.63, 3.8) is 0 Å². The lowest BCUT2D eigenvalue weighted by molar-refractivity contribution is -0.128. The van der Waals surface area contributed by atoms with Crippen LogP contribution in [0.2, 0.25) is 0 Å². The van der Waals surface area contributed by atoms with Crippen LogP contribution in [-0.4, -0.2) is 56.2 Å². The third kappa shape index (κ3) is 6.99. The van der Waals surface area contributed by atoms with Crippen LogP contribution in [0.25, 0.3) is 0 Å². The maximum atomic E-state index is 12.4. The summed E-state index contributed by atoms with van der Waals surface area (Å²) in [5.41, 5.74) is 0.843. The second kappa shape index (κ2) is 12.1. The molecule has 0 saturated carbocycles. The van der Waals surface area contributed by atoms with Gasteiger partial charge in [-0.2, -0.15) is 0 Å². The van der Waals surface area contributed by atoms with E-state index in [0.29, 0.717) is 19.2 Å². The Hall–Kier alpha value is -2.01. The van der Waals surface area contributed by atoms with Gasteiger partial charge in [0.1, 0.15) is 6.54 Å². The number of likely N-dealkylation sites (tertiary alicyclic amines) is 1. The SMILES string of the molecule is I.O=C(CN=C(NCCc1cccs1)Nc1ccc2c(c1)OCCCO2)N1CCCC1. The molecule has 31 heavy (non-hydrogen) atoms. The molecule has 7 nitrogen and oxygen atoms in total. The van der Waals surface area contributed by atoms with Crippen LogP contribution in [0.1, 0.15) is 24.1 Å². The maximum Gasteiger partial charge on any atom is 0.244 e. The molecule has 0 atom stereocenters. The molecular weight excluding hydrogens is 527 g/mol. The molecule has 1 fully saturated rings. The summed E-state index contributed by atoms with van der Waals surface area (Å²) < 4.78 is 11.5. The molecule has 168 valence electrons. The van der Waals surface area contributed by atoms with Crippen LogP contribution >= 0.6 is 35.3 Å². The van der Waals surface area contributed by atoms with E-state index in [0.717, 1.165) is 62.5 Å². The van der Waals surface area contributed by atoms with Crippen molar-refractivity contribution in [3.8, 4) is 11.5 Å². The van der Waals surface area contributed by atoms with E-state index in [9.17, 15) is 4.79 Å². The second-order valence-corrected chi connectivity index (χ2v) is 8.38. The molecule has 0 bridgehead atoms. The van der Waals surface area contributed by atoms with Gasteiger partial charge in [-0.25, -0.2) is 4.99 Å². The number of hydrogen-bond donors (Lipinski definition) is 2. The van der Waals surface area contributed by atoms with Crippen LogP contribution in [0.3, 0.4) is 0 Å². The van der Waals surface area contributed by atoms with Crippen LogP contribution in [0.5, 0.6) is 11.5 Å². The summed E-state index contributed by atoms with van der Waals surface area (Å²) in [5.74, 6) is 2.15. The molecule has 1 amide bonds. The molecule has 0 spiro atoms. The minimum absolute atomic E-state index is 0. The first kappa shape index (κ1) is 23.6. The Labute approximate surface area is 204 Å². The van der Waals surface area contributed by atoms with E-state index in [2.05, 4.69) is 33.1 Å². The zero-order valence-corrected chi connectivity index (χ0v) is 20.6. The van der Waals surface area contributed by atoms with Gasteiger partial charge in [0.15, 0.2) is 17.5 Å². The maximum absolute atomic E-state index is 12.4. The molecule has 4 rings (SSSR count). The number of rotatable bonds is 6. The number of anilines is 1. The highest BCUT2D eigenvalue weighted by Gasteiger charge is 2.17. The fourth-order valence-electron chi connectivity index (χ4n) is 3.49. The summed E-state index contributed by atoms with van der Waals surface area (Å²) >= 11 is 1.74. The summed E-state index contributed by atoms with van der Waals surface area (Å²) in [6.07, 6.45) is 3.93. The van der Waals surface area contributed by atoms with Gasteiger partial charge in [0.2, 0.25) is 5.91 Å². The fraction of sp³-hybridized carbons (Fsp3) is 0.455. The van der Waals surface area contributed by atoms with E-state index in [1.807, 2.05) is 23.1 Å². The Bertz CT molecular complexity index is 870. The average molecular weight is 556 g/mol. The first-order valence-electron chi connectivity index (χ1n) is 10.5. The molecule has 2 aliphatic rings. The van der Waals surface area contributed by atoms with Crippen molar-refractivity contribution >= 4 is 52.9 Å². The number of nitrogens with zero attached hydrogens (tertiary/aromatic N) is 2. The van der Waals surface area contributed by atoms with Crippen molar-refractivity contribution in [1.82, 2.24) is 10.2 Å². The highest BCUT2D eigenvalue weighted by Crippen LogP contribution is 2.32. The normalized spacial score (nSPS) is 15.7. The van der Waals surface area contributed by atoms with E-state index < -0.39 is 0 Å². The molecule has 1 aromatic heterocycles. The topological polar surface area (TPSA) is 75.2 Å². The number of ether oxygens (including phenoxy) is 2. The minimum Gasteiger partial charge on any atom is -0.490 e. The summed E-state index contributed by atoms with van der Waals surface area (Å²) in [5, 5.41) is 8.74. The van der Waals surface area contributed by atoms with E-state index in [4.69, 9.17) is 9.47 Å². The number of halogens is 1. The number of carbonyl (C=O) groups is 1. The Kier molecular flexibility index (Phi) is 9.26. The Morgan fingerprint density at radius 3 is 2.68 bits per heavy atom. The number of carbonyl (C=O) groups excluding carboxylic acids is 1. The molecule has 2 N–H and O–H groups in total. The van der Waals surface area contributed by atoms with Gasteiger partial charge in [0.25, 0.3) is 0 Å². The van der Waals surface area contributed by atoms with Gasteiger partial charge in [0, 0.05) is 42.7 Å². The van der Waals surface area contributed by atoms with Crippen molar-refractivity contribution in [2.45, 2.75) is 25.7 Å². The molecule has 0 aliphatic carbocycles.